The molecular formula is C14H13BrClNO3. The van der Waals surface area contributed by atoms with Crippen molar-refractivity contribution in [3.05, 3.63) is 39.8 Å². The largest absolute Gasteiger partial charge is 0.481 e. The fourth-order valence-corrected chi connectivity index (χ4v) is 2.69. The number of carboxylic acid groups (broad SMARTS) is 1. The van der Waals surface area contributed by atoms with Crippen molar-refractivity contribution in [2.45, 2.75) is 12.8 Å². The van der Waals surface area contributed by atoms with E-state index in [2.05, 4.69) is 21.2 Å². The second-order valence-electron chi connectivity index (χ2n) is 4.64. The Bertz CT molecular complexity index is 556. The topological polar surface area (TPSA) is 66.4 Å². The van der Waals surface area contributed by atoms with Crippen molar-refractivity contribution in [2.24, 2.45) is 11.8 Å². The summed E-state index contributed by atoms with van der Waals surface area (Å²) in [6, 6.07) is 7.10. The van der Waals surface area contributed by atoms with Crippen LogP contribution in [0.5, 0.6) is 0 Å². The molecule has 0 saturated carbocycles. The standard InChI is InChI=1S/C14H13BrClNO3/c15-8-1-4-10(5-2-8)17-13(18)12-7-9(16)3-6-11(12)14(19)20/h1-5,11-12H,6-7H2,(H,17,18)(H,19,20)/t11-,12-/m0/s1. The Kier molecular flexibility index (Phi) is 4.83. The molecule has 0 spiro atoms. The van der Waals surface area contributed by atoms with Gasteiger partial charge < -0.3 is 10.4 Å². The monoisotopic (exact) mass is 357 g/mol. The number of allylic oxidation sites excluding steroid dienone is 2. The van der Waals surface area contributed by atoms with Crippen LogP contribution in [0.2, 0.25) is 0 Å². The molecule has 0 bridgehead atoms. The second kappa shape index (κ2) is 6.41. The number of aliphatic carboxylic acids is 1. The first-order valence-corrected chi connectivity index (χ1v) is 7.28. The molecular weight excluding hydrogens is 346 g/mol. The van der Waals surface area contributed by atoms with Crippen molar-refractivity contribution in [3.63, 3.8) is 0 Å². The first-order valence-electron chi connectivity index (χ1n) is 6.11. The normalized spacial score (nSPS) is 22.0. The summed E-state index contributed by atoms with van der Waals surface area (Å²) < 4.78 is 0.905. The van der Waals surface area contributed by atoms with Gasteiger partial charge in [0.2, 0.25) is 5.91 Å². The van der Waals surface area contributed by atoms with Crippen molar-refractivity contribution in [3.8, 4) is 0 Å². The summed E-state index contributed by atoms with van der Waals surface area (Å²) >= 11 is 9.24. The highest BCUT2D eigenvalue weighted by molar-refractivity contribution is 9.10. The van der Waals surface area contributed by atoms with Crippen LogP contribution < -0.4 is 5.32 Å². The number of hydrogen-bond acceptors (Lipinski definition) is 2. The van der Waals surface area contributed by atoms with Gasteiger partial charge >= 0.3 is 5.97 Å². The Balaban J connectivity index is 2.12. The molecule has 2 atom stereocenters. The third-order valence-electron chi connectivity index (χ3n) is 3.26. The van der Waals surface area contributed by atoms with Gasteiger partial charge in [-0.2, -0.15) is 0 Å². The number of hydrogen-bond donors (Lipinski definition) is 2. The lowest BCUT2D eigenvalue weighted by molar-refractivity contribution is -0.146. The van der Waals surface area contributed by atoms with Gasteiger partial charge in [-0.3, -0.25) is 9.59 Å². The first kappa shape index (κ1) is 15.1. The second-order valence-corrected chi connectivity index (χ2v) is 6.04. The highest BCUT2D eigenvalue weighted by Gasteiger charge is 2.36. The van der Waals surface area contributed by atoms with E-state index >= 15 is 0 Å². The Labute approximate surface area is 129 Å². The van der Waals surface area contributed by atoms with Gasteiger partial charge in [0.1, 0.15) is 0 Å². The zero-order chi connectivity index (χ0) is 14.7. The zero-order valence-corrected chi connectivity index (χ0v) is 12.8. The Morgan fingerprint density at radius 2 is 1.90 bits per heavy atom. The summed E-state index contributed by atoms with van der Waals surface area (Å²) in [5.41, 5.74) is 0.632. The molecule has 2 N–H and O–H groups in total. The number of halogens is 2. The Morgan fingerprint density at radius 3 is 2.50 bits per heavy atom. The van der Waals surface area contributed by atoms with E-state index in [1.807, 2.05) is 0 Å². The molecule has 2 rings (SSSR count). The van der Waals surface area contributed by atoms with E-state index in [1.165, 1.54) is 0 Å². The SMILES string of the molecule is O=C(O)[C@H]1CC=C(Cl)C[C@@H]1C(=O)Nc1ccc(Br)cc1. The van der Waals surface area contributed by atoms with Crippen LogP contribution in [-0.2, 0) is 9.59 Å². The third-order valence-corrected chi connectivity index (χ3v) is 4.10. The summed E-state index contributed by atoms with van der Waals surface area (Å²) in [7, 11) is 0. The maximum atomic E-state index is 12.2. The van der Waals surface area contributed by atoms with Crippen LogP contribution in [0.1, 0.15) is 12.8 Å². The average molecular weight is 359 g/mol. The number of anilines is 1. The zero-order valence-electron chi connectivity index (χ0n) is 10.5. The molecule has 1 aliphatic rings. The minimum Gasteiger partial charge on any atom is -0.481 e. The van der Waals surface area contributed by atoms with E-state index in [9.17, 15) is 14.7 Å². The maximum Gasteiger partial charge on any atom is 0.307 e. The molecule has 0 fully saturated rings. The van der Waals surface area contributed by atoms with Crippen LogP contribution >= 0.6 is 27.5 Å². The molecule has 106 valence electrons. The lowest BCUT2D eigenvalue weighted by atomic mass is 9.82. The number of amides is 1. The molecule has 4 nitrogen and oxygen atoms in total. The Morgan fingerprint density at radius 1 is 1.25 bits per heavy atom. The van der Waals surface area contributed by atoms with E-state index in [1.54, 1.807) is 30.3 Å². The highest BCUT2D eigenvalue weighted by Crippen LogP contribution is 2.32. The summed E-state index contributed by atoms with van der Waals surface area (Å²) in [6.07, 6.45) is 2.22. The van der Waals surface area contributed by atoms with Crippen LogP contribution in [0.3, 0.4) is 0 Å². The molecule has 0 radical (unpaired) electrons. The summed E-state index contributed by atoms with van der Waals surface area (Å²) in [5.74, 6) is -2.66. The summed E-state index contributed by atoms with van der Waals surface area (Å²) in [5, 5.41) is 12.5. The molecule has 1 aromatic carbocycles. The molecule has 0 saturated heterocycles. The lowest BCUT2D eigenvalue weighted by Crippen LogP contribution is -2.35. The van der Waals surface area contributed by atoms with Crippen molar-refractivity contribution in [1.82, 2.24) is 0 Å². The molecule has 1 amide bonds. The minimum absolute atomic E-state index is 0.265. The minimum atomic E-state index is -0.971. The molecule has 0 aromatic heterocycles. The number of rotatable bonds is 3. The van der Waals surface area contributed by atoms with E-state index in [4.69, 9.17) is 11.6 Å². The fraction of sp³-hybridized carbons (Fsp3) is 0.286. The van der Waals surface area contributed by atoms with Crippen molar-refractivity contribution >= 4 is 45.1 Å². The fourth-order valence-electron chi connectivity index (χ4n) is 2.17. The van der Waals surface area contributed by atoms with Gasteiger partial charge in [0.15, 0.2) is 0 Å². The van der Waals surface area contributed by atoms with Crippen LogP contribution in [0, 0.1) is 11.8 Å². The lowest BCUT2D eigenvalue weighted by Gasteiger charge is -2.25. The molecule has 6 heteroatoms. The number of benzene rings is 1. The van der Waals surface area contributed by atoms with Crippen LogP contribution in [0.4, 0.5) is 5.69 Å². The van der Waals surface area contributed by atoms with Crippen LogP contribution in [0.25, 0.3) is 0 Å². The van der Waals surface area contributed by atoms with E-state index in [0.29, 0.717) is 10.7 Å². The molecule has 1 aliphatic carbocycles. The number of carboxylic acids is 1. The van der Waals surface area contributed by atoms with Gasteiger partial charge in [-0.25, -0.2) is 0 Å². The maximum absolute atomic E-state index is 12.2. The van der Waals surface area contributed by atoms with Crippen molar-refractivity contribution < 1.29 is 14.7 Å². The highest BCUT2D eigenvalue weighted by atomic mass is 79.9. The van der Waals surface area contributed by atoms with E-state index in [-0.39, 0.29) is 18.7 Å². The van der Waals surface area contributed by atoms with Crippen LogP contribution in [0.15, 0.2) is 39.8 Å². The first-order chi connectivity index (χ1) is 9.47. The number of carbonyl (C=O) groups excluding carboxylic acids is 1. The van der Waals surface area contributed by atoms with E-state index < -0.39 is 17.8 Å². The van der Waals surface area contributed by atoms with Crippen molar-refractivity contribution in [2.75, 3.05) is 5.32 Å². The van der Waals surface area contributed by atoms with Crippen molar-refractivity contribution in [1.29, 1.82) is 0 Å². The summed E-state index contributed by atoms with van der Waals surface area (Å²) in [4.78, 5) is 23.5. The molecule has 0 unspecified atom stereocenters. The van der Waals surface area contributed by atoms with Gasteiger partial charge in [-0.15, -0.1) is 0 Å². The molecule has 1 aromatic rings. The molecule has 0 aliphatic heterocycles. The molecule has 20 heavy (non-hydrogen) atoms. The van der Waals surface area contributed by atoms with E-state index in [0.717, 1.165) is 4.47 Å². The smallest absolute Gasteiger partial charge is 0.307 e. The van der Waals surface area contributed by atoms with Gasteiger partial charge in [0.05, 0.1) is 11.8 Å². The molecule has 0 heterocycles. The predicted molar refractivity (Wildman–Crippen MR) is 80.6 cm³/mol. The van der Waals surface area contributed by atoms with Gasteiger partial charge in [-0.05, 0) is 37.1 Å². The quantitative estimate of drug-likeness (QED) is 0.867. The Hall–Kier alpha value is -1.33. The number of carbonyl (C=O) groups is 2. The summed E-state index contributed by atoms with van der Waals surface area (Å²) in [6.45, 7) is 0. The van der Waals surface area contributed by atoms with Gasteiger partial charge in [-0.1, -0.05) is 33.6 Å². The van der Waals surface area contributed by atoms with Crippen LogP contribution in [-0.4, -0.2) is 17.0 Å². The van der Waals surface area contributed by atoms with Gasteiger partial charge in [0.25, 0.3) is 0 Å². The van der Waals surface area contributed by atoms with Gasteiger partial charge in [0, 0.05) is 15.2 Å². The third kappa shape index (κ3) is 3.61. The number of nitrogens with one attached hydrogen (secondary N) is 1. The predicted octanol–water partition coefficient (Wildman–Crippen LogP) is 3.62. The average Bonchev–Trinajstić information content (AvgIpc) is 2.41.